The maximum atomic E-state index is 2.68. The first-order chi connectivity index (χ1) is 12.0. The van der Waals surface area contributed by atoms with Crippen LogP contribution in [0.4, 0.5) is 0 Å². The van der Waals surface area contributed by atoms with Crippen molar-refractivity contribution in [1.82, 2.24) is 4.90 Å². The number of hydrogen-bond acceptors (Lipinski definition) is 1. The molecule has 140 valence electrons. The van der Waals surface area contributed by atoms with Gasteiger partial charge in [0.15, 0.2) is 0 Å². The summed E-state index contributed by atoms with van der Waals surface area (Å²) < 4.78 is 4.81. The minimum atomic E-state index is -0.618. The van der Waals surface area contributed by atoms with E-state index < -0.39 is 19.8 Å². The van der Waals surface area contributed by atoms with Gasteiger partial charge in [-0.15, -0.1) is 0 Å². The van der Waals surface area contributed by atoms with E-state index in [1.54, 1.807) is 23.6 Å². The molecule has 2 aliphatic rings. The molecule has 1 aliphatic carbocycles. The van der Waals surface area contributed by atoms with Crippen LogP contribution in [0.25, 0.3) is 5.57 Å². The van der Waals surface area contributed by atoms with E-state index in [-0.39, 0.29) is 0 Å². The molecule has 0 atom stereocenters. The monoisotopic (exact) mass is 453 g/mol. The topological polar surface area (TPSA) is 3.24 Å². The average molecular weight is 453 g/mol. The van der Waals surface area contributed by atoms with E-state index in [9.17, 15) is 0 Å². The fraction of sp³-hybridized carbons (Fsp3) is 0.652. The zero-order valence-corrected chi connectivity index (χ0v) is 18.9. The molecule has 25 heavy (non-hydrogen) atoms. The summed E-state index contributed by atoms with van der Waals surface area (Å²) in [4.78, 5) is 2.68. The Labute approximate surface area is 162 Å². The van der Waals surface area contributed by atoms with Crippen LogP contribution in [0.2, 0.25) is 0 Å². The molecule has 1 fully saturated rings. The standard InChI is InChI=1S/C23H36IN/c1-5-15-25(16-6-2)18-20-11-12-23(3,4)17-22(20)19-7-9-21(10-8-19)24-13-14-24/h7-10H,5-6,11-18H2,1-4H3. The first-order valence-electron chi connectivity index (χ1n) is 10.2. The van der Waals surface area contributed by atoms with Gasteiger partial charge in [0.25, 0.3) is 0 Å². The first-order valence-corrected chi connectivity index (χ1v) is 14.3. The number of benzene rings is 1. The number of nitrogens with zero attached hydrogens (tertiary/aromatic N) is 1. The molecule has 1 aliphatic heterocycles. The summed E-state index contributed by atoms with van der Waals surface area (Å²) in [6.07, 6.45) is 6.39. The van der Waals surface area contributed by atoms with Crippen LogP contribution in [0.5, 0.6) is 0 Å². The number of halogens is 1. The second-order valence-electron chi connectivity index (χ2n) is 8.54. The normalized spacial score (nSPS) is 21.1. The fourth-order valence-electron chi connectivity index (χ4n) is 4.07. The van der Waals surface area contributed by atoms with Gasteiger partial charge in [0, 0.05) is 0 Å². The van der Waals surface area contributed by atoms with Gasteiger partial charge in [-0.25, -0.2) is 0 Å². The van der Waals surface area contributed by atoms with Gasteiger partial charge in [-0.3, -0.25) is 0 Å². The van der Waals surface area contributed by atoms with Crippen molar-refractivity contribution in [2.45, 2.75) is 59.8 Å². The Morgan fingerprint density at radius 3 is 2.20 bits per heavy atom. The number of hydrogen-bond donors (Lipinski definition) is 0. The van der Waals surface area contributed by atoms with Crippen molar-refractivity contribution < 1.29 is 0 Å². The summed E-state index contributed by atoms with van der Waals surface area (Å²) in [5.74, 6) is 0. The van der Waals surface area contributed by atoms with Crippen LogP contribution in [0.1, 0.15) is 65.4 Å². The summed E-state index contributed by atoms with van der Waals surface area (Å²) in [6, 6.07) is 9.84. The van der Waals surface area contributed by atoms with E-state index in [4.69, 9.17) is 0 Å². The molecule has 0 N–H and O–H groups in total. The summed E-state index contributed by atoms with van der Waals surface area (Å²) in [5, 5.41) is 0. The molecule has 1 aromatic carbocycles. The van der Waals surface area contributed by atoms with E-state index in [0.717, 1.165) is 0 Å². The van der Waals surface area contributed by atoms with Crippen LogP contribution in [0.3, 0.4) is 0 Å². The van der Waals surface area contributed by atoms with Gasteiger partial charge in [-0.1, -0.05) is 0 Å². The third kappa shape index (κ3) is 5.32. The molecule has 1 nitrogen and oxygen atoms in total. The predicted octanol–water partition coefficient (Wildman–Crippen LogP) is 6.46. The van der Waals surface area contributed by atoms with Gasteiger partial charge >= 0.3 is 163 Å². The van der Waals surface area contributed by atoms with E-state index in [0.29, 0.717) is 5.41 Å². The van der Waals surface area contributed by atoms with Gasteiger partial charge in [0.2, 0.25) is 0 Å². The molecule has 0 unspecified atom stereocenters. The Morgan fingerprint density at radius 1 is 1.00 bits per heavy atom. The van der Waals surface area contributed by atoms with Crippen molar-refractivity contribution in [1.29, 1.82) is 0 Å². The maximum absolute atomic E-state index is 2.68. The molecule has 2 heteroatoms. The van der Waals surface area contributed by atoms with Gasteiger partial charge in [0.05, 0.1) is 0 Å². The number of alkyl halides is 2. The summed E-state index contributed by atoms with van der Waals surface area (Å²) in [7, 11) is 0. The van der Waals surface area contributed by atoms with Crippen LogP contribution >= 0.6 is 19.8 Å². The average Bonchev–Trinajstić information content (AvgIpc) is 3.42. The Bertz CT molecular complexity index is 589. The van der Waals surface area contributed by atoms with Gasteiger partial charge < -0.3 is 0 Å². The van der Waals surface area contributed by atoms with Crippen molar-refractivity contribution in [3.63, 3.8) is 0 Å². The van der Waals surface area contributed by atoms with E-state index >= 15 is 0 Å². The molecule has 0 spiro atoms. The van der Waals surface area contributed by atoms with Crippen LogP contribution in [0, 0.1) is 8.99 Å². The van der Waals surface area contributed by atoms with E-state index in [1.807, 2.05) is 0 Å². The molecule has 0 saturated carbocycles. The summed E-state index contributed by atoms with van der Waals surface area (Å²) in [6.45, 7) is 13.2. The van der Waals surface area contributed by atoms with Crippen molar-refractivity contribution in [2.75, 3.05) is 28.5 Å². The quantitative estimate of drug-likeness (QED) is 0.323. The molecular formula is C23H36IN. The van der Waals surface area contributed by atoms with Gasteiger partial charge in [0.1, 0.15) is 0 Å². The fourth-order valence-corrected chi connectivity index (χ4v) is 8.26. The van der Waals surface area contributed by atoms with Crippen LogP contribution in [0.15, 0.2) is 29.8 Å². The second-order valence-corrected chi connectivity index (χ2v) is 14.5. The SMILES string of the molecule is CCCN(CCC)CC1=C(c2ccc(I3CC3)cc2)CC(C)(C)CC1. The molecule has 1 saturated heterocycles. The van der Waals surface area contributed by atoms with Crippen molar-refractivity contribution in [2.24, 2.45) is 5.41 Å². The van der Waals surface area contributed by atoms with Crippen LogP contribution < -0.4 is 0 Å². The first kappa shape index (κ1) is 19.4. The molecule has 0 amide bonds. The van der Waals surface area contributed by atoms with Gasteiger partial charge in [-0.2, -0.15) is 0 Å². The molecular weight excluding hydrogens is 417 g/mol. The Kier molecular flexibility index (Phi) is 6.65. The molecule has 0 bridgehead atoms. The Hall–Kier alpha value is -0.350. The Morgan fingerprint density at radius 2 is 1.64 bits per heavy atom. The molecule has 1 aromatic rings. The molecule has 3 rings (SSSR count). The van der Waals surface area contributed by atoms with Crippen LogP contribution in [-0.4, -0.2) is 33.4 Å². The van der Waals surface area contributed by atoms with Gasteiger partial charge in [-0.05, 0) is 0 Å². The minimum absolute atomic E-state index is 0.449. The van der Waals surface area contributed by atoms with Crippen LogP contribution in [-0.2, 0) is 0 Å². The molecule has 0 aromatic heterocycles. The number of allylic oxidation sites excluding steroid dienone is 1. The van der Waals surface area contributed by atoms with E-state index in [2.05, 4.69) is 56.9 Å². The van der Waals surface area contributed by atoms with Crippen molar-refractivity contribution >= 4 is 25.4 Å². The second kappa shape index (κ2) is 8.56. The Balaban J connectivity index is 1.85. The predicted molar refractivity (Wildman–Crippen MR) is 120 cm³/mol. The zero-order chi connectivity index (χ0) is 17.9. The summed E-state index contributed by atoms with van der Waals surface area (Å²) in [5.41, 5.74) is 5.35. The zero-order valence-electron chi connectivity index (χ0n) is 16.7. The van der Waals surface area contributed by atoms with Crippen molar-refractivity contribution in [3.05, 3.63) is 39.0 Å². The number of rotatable bonds is 8. The third-order valence-corrected chi connectivity index (χ3v) is 10.2. The summed E-state index contributed by atoms with van der Waals surface area (Å²) >= 11 is -0.618. The molecule has 1 heterocycles. The molecule has 0 radical (unpaired) electrons. The van der Waals surface area contributed by atoms with Crippen molar-refractivity contribution in [3.8, 4) is 0 Å². The third-order valence-electron chi connectivity index (χ3n) is 5.56. The van der Waals surface area contributed by atoms with E-state index in [1.165, 1.54) is 57.3 Å².